The van der Waals surface area contributed by atoms with Gasteiger partial charge in [0.05, 0.1) is 0 Å². The highest BCUT2D eigenvalue weighted by atomic mass is 79.9. The molecule has 0 atom stereocenters. The summed E-state index contributed by atoms with van der Waals surface area (Å²) in [6.07, 6.45) is 0. The minimum atomic E-state index is -0.442. The second-order valence-corrected chi connectivity index (χ2v) is 3.96. The van der Waals surface area contributed by atoms with Crippen molar-refractivity contribution < 1.29 is 8.78 Å². The second-order valence-electron chi connectivity index (χ2n) is 3.10. The molecule has 0 nitrogen and oxygen atoms in total. The van der Waals surface area contributed by atoms with Gasteiger partial charge < -0.3 is 0 Å². The Balaban J connectivity index is 2.64. The van der Waals surface area contributed by atoms with Crippen LogP contribution < -0.4 is 0 Å². The minimum absolute atomic E-state index is 0.266. The van der Waals surface area contributed by atoms with Gasteiger partial charge in [-0.1, -0.05) is 34.1 Å². The minimum Gasteiger partial charge on any atom is -0.207 e. The largest absolute Gasteiger partial charge is 0.207 e. The first-order chi connectivity index (χ1) is 7.18. The molecule has 0 aliphatic rings. The Hall–Kier alpha value is -1.22. The highest BCUT2D eigenvalue weighted by molar-refractivity contribution is 9.10. The molecule has 0 aromatic heterocycles. The van der Waals surface area contributed by atoms with Gasteiger partial charge in [0, 0.05) is 10.0 Å². The zero-order chi connectivity index (χ0) is 10.8. The molecule has 0 fully saturated rings. The Morgan fingerprint density at radius 1 is 0.867 bits per heavy atom. The Bertz CT molecular complexity index is 495. The van der Waals surface area contributed by atoms with Gasteiger partial charge in [0.25, 0.3) is 0 Å². The first-order valence-corrected chi connectivity index (χ1v) is 5.18. The van der Waals surface area contributed by atoms with Gasteiger partial charge >= 0.3 is 0 Å². The highest BCUT2D eigenvalue weighted by Crippen LogP contribution is 2.30. The summed E-state index contributed by atoms with van der Waals surface area (Å²) in [7, 11) is 0. The summed E-state index contributed by atoms with van der Waals surface area (Å²) < 4.78 is 27.2. The SMILES string of the molecule is Fc1ccc(F)c(-c2ccccc2Br)c1. The van der Waals surface area contributed by atoms with Crippen molar-refractivity contribution in [2.24, 2.45) is 0 Å². The van der Waals surface area contributed by atoms with E-state index >= 15 is 0 Å². The lowest BCUT2D eigenvalue weighted by Gasteiger charge is -2.05. The Kier molecular flexibility index (Phi) is 2.82. The fraction of sp³-hybridized carbons (Fsp3) is 0. The van der Waals surface area contributed by atoms with Gasteiger partial charge in [-0.05, 0) is 29.8 Å². The summed E-state index contributed by atoms with van der Waals surface area (Å²) in [5.74, 6) is -0.870. The Labute approximate surface area is 94.7 Å². The predicted molar refractivity (Wildman–Crippen MR) is 59.5 cm³/mol. The number of rotatable bonds is 1. The molecular formula is C12H7BrF2. The first-order valence-electron chi connectivity index (χ1n) is 4.38. The third kappa shape index (κ3) is 2.07. The summed E-state index contributed by atoms with van der Waals surface area (Å²) in [5, 5.41) is 0. The van der Waals surface area contributed by atoms with Gasteiger partial charge in [-0.2, -0.15) is 0 Å². The Morgan fingerprint density at radius 3 is 2.33 bits per heavy atom. The van der Waals surface area contributed by atoms with E-state index in [4.69, 9.17) is 0 Å². The van der Waals surface area contributed by atoms with Crippen molar-refractivity contribution in [1.82, 2.24) is 0 Å². The zero-order valence-corrected chi connectivity index (χ0v) is 9.26. The molecule has 2 rings (SSSR count). The quantitative estimate of drug-likeness (QED) is 0.720. The monoisotopic (exact) mass is 268 g/mol. The number of hydrogen-bond acceptors (Lipinski definition) is 0. The molecule has 15 heavy (non-hydrogen) atoms. The summed E-state index contributed by atoms with van der Waals surface area (Å²) >= 11 is 3.30. The lowest BCUT2D eigenvalue weighted by Crippen LogP contribution is -1.87. The van der Waals surface area contributed by atoms with Gasteiger partial charge in [-0.25, -0.2) is 8.78 Å². The second kappa shape index (κ2) is 4.11. The standard InChI is InChI=1S/C12H7BrF2/c13-11-4-2-1-3-9(11)10-7-8(14)5-6-12(10)15/h1-7H. The Morgan fingerprint density at radius 2 is 1.60 bits per heavy atom. The lowest BCUT2D eigenvalue weighted by atomic mass is 10.1. The number of halogens is 3. The van der Waals surface area contributed by atoms with Crippen molar-refractivity contribution in [2.75, 3.05) is 0 Å². The van der Waals surface area contributed by atoms with Crippen LogP contribution in [-0.2, 0) is 0 Å². The fourth-order valence-corrected chi connectivity index (χ4v) is 1.88. The van der Waals surface area contributed by atoms with E-state index in [9.17, 15) is 8.78 Å². The lowest BCUT2D eigenvalue weighted by molar-refractivity contribution is 0.603. The van der Waals surface area contributed by atoms with Gasteiger partial charge in [0.15, 0.2) is 0 Å². The van der Waals surface area contributed by atoms with Crippen molar-refractivity contribution >= 4 is 15.9 Å². The molecule has 2 aromatic rings. The number of benzene rings is 2. The van der Waals surface area contributed by atoms with Gasteiger partial charge in [-0.3, -0.25) is 0 Å². The molecule has 0 amide bonds. The summed E-state index contributed by atoms with van der Waals surface area (Å²) in [4.78, 5) is 0. The molecular weight excluding hydrogens is 262 g/mol. The maximum atomic E-state index is 13.4. The molecule has 0 bridgehead atoms. The highest BCUT2D eigenvalue weighted by Gasteiger charge is 2.08. The summed E-state index contributed by atoms with van der Waals surface area (Å²) in [6.45, 7) is 0. The van der Waals surface area contributed by atoms with Gasteiger partial charge in [-0.15, -0.1) is 0 Å². The van der Waals surface area contributed by atoms with Crippen molar-refractivity contribution in [3.05, 3.63) is 58.6 Å². The van der Waals surface area contributed by atoms with Crippen molar-refractivity contribution in [3.63, 3.8) is 0 Å². The molecule has 0 saturated heterocycles. The molecule has 0 spiro atoms. The van der Waals surface area contributed by atoms with E-state index < -0.39 is 11.6 Å². The van der Waals surface area contributed by atoms with Crippen LogP contribution in [0.5, 0.6) is 0 Å². The molecule has 0 aliphatic carbocycles. The normalized spacial score (nSPS) is 10.3. The molecule has 0 radical (unpaired) electrons. The van der Waals surface area contributed by atoms with Crippen LogP contribution in [0.25, 0.3) is 11.1 Å². The molecule has 0 heterocycles. The third-order valence-electron chi connectivity index (χ3n) is 2.09. The summed E-state index contributed by atoms with van der Waals surface area (Å²) in [5.41, 5.74) is 0.914. The smallest absolute Gasteiger partial charge is 0.131 e. The van der Waals surface area contributed by atoms with E-state index in [1.54, 1.807) is 18.2 Å². The molecule has 2 aromatic carbocycles. The predicted octanol–water partition coefficient (Wildman–Crippen LogP) is 4.39. The van der Waals surface area contributed by atoms with Crippen LogP contribution in [0.15, 0.2) is 46.9 Å². The summed E-state index contributed by atoms with van der Waals surface area (Å²) in [6, 6.07) is 10.6. The molecule has 0 aliphatic heterocycles. The van der Waals surface area contributed by atoms with Crippen LogP contribution >= 0.6 is 15.9 Å². The van der Waals surface area contributed by atoms with Crippen molar-refractivity contribution in [1.29, 1.82) is 0 Å². The van der Waals surface area contributed by atoms with E-state index in [0.717, 1.165) is 16.6 Å². The fourth-order valence-electron chi connectivity index (χ4n) is 1.38. The van der Waals surface area contributed by atoms with Crippen LogP contribution in [0.2, 0.25) is 0 Å². The van der Waals surface area contributed by atoms with Crippen molar-refractivity contribution in [2.45, 2.75) is 0 Å². The molecule has 0 N–H and O–H groups in total. The van der Waals surface area contributed by atoms with E-state index in [-0.39, 0.29) is 5.56 Å². The molecule has 3 heteroatoms. The topological polar surface area (TPSA) is 0 Å². The van der Waals surface area contributed by atoms with Crippen LogP contribution in [0, 0.1) is 11.6 Å². The average molecular weight is 269 g/mol. The molecule has 0 unspecified atom stereocenters. The molecule has 76 valence electrons. The van der Waals surface area contributed by atoms with Gasteiger partial charge in [0.1, 0.15) is 11.6 Å². The van der Waals surface area contributed by atoms with E-state index in [2.05, 4.69) is 15.9 Å². The number of hydrogen-bond donors (Lipinski definition) is 0. The van der Waals surface area contributed by atoms with Crippen LogP contribution in [-0.4, -0.2) is 0 Å². The van der Waals surface area contributed by atoms with Crippen molar-refractivity contribution in [3.8, 4) is 11.1 Å². The maximum absolute atomic E-state index is 13.4. The van der Waals surface area contributed by atoms with Crippen LogP contribution in [0.1, 0.15) is 0 Å². The third-order valence-corrected chi connectivity index (χ3v) is 2.78. The van der Waals surface area contributed by atoms with E-state index in [1.165, 1.54) is 6.07 Å². The maximum Gasteiger partial charge on any atom is 0.131 e. The molecule has 0 saturated carbocycles. The average Bonchev–Trinajstić information content (AvgIpc) is 2.23. The van der Waals surface area contributed by atoms with Crippen LogP contribution in [0.4, 0.5) is 8.78 Å². The van der Waals surface area contributed by atoms with E-state index in [0.29, 0.717) is 5.56 Å². The van der Waals surface area contributed by atoms with E-state index in [1.807, 2.05) is 6.07 Å². The first kappa shape index (κ1) is 10.3. The van der Waals surface area contributed by atoms with Gasteiger partial charge in [0.2, 0.25) is 0 Å². The zero-order valence-electron chi connectivity index (χ0n) is 7.68. The van der Waals surface area contributed by atoms with Crippen LogP contribution in [0.3, 0.4) is 0 Å².